The first-order valence-corrected chi connectivity index (χ1v) is 9.05. The van der Waals surface area contributed by atoms with Crippen LogP contribution in [0.25, 0.3) is 0 Å². The lowest BCUT2D eigenvalue weighted by Gasteiger charge is -2.25. The van der Waals surface area contributed by atoms with Crippen LogP contribution in [0, 0.1) is 17.2 Å². The fourth-order valence-electron chi connectivity index (χ4n) is 2.94. The summed E-state index contributed by atoms with van der Waals surface area (Å²) in [7, 11) is 1.57. The Morgan fingerprint density at radius 1 is 1.46 bits per heavy atom. The van der Waals surface area contributed by atoms with Crippen molar-refractivity contribution in [1.29, 1.82) is 5.26 Å². The standard InChI is InChI=1S/C19H26N4O2S/c1-12-6-7-13-10-14(21-18(26)22-19(2,3)4)16(25-5)11-15(13)23(9-8-20)17(12)24/h10-12H,6-7,9H2,1-5H3,(H2,21,22,26). The number of rotatable bonds is 3. The zero-order valence-electron chi connectivity index (χ0n) is 16.0. The molecule has 1 amide bonds. The van der Waals surface area contributed by atoms with Crippen molar-refractivity contribution in [3.05, 3.63) is 17.7 Å². The number of hydrogen-bond donors (Lipinski definition) is 2. The van der Waals surface area contributed by atoms with Gasteiger partial charge in [-0.15, -0.1) is 0 Å². The van der Waals surface area contributed by atoms with E-state index in [1.54, 1.807) is 12.0 Å². The van der Waals surface area contributed by atoms with Crippen molar-refractivity contribution in [2.75, 3.05) is 23.9 Å². The molecule has 1 unspecified atom stereocenters. The number of carbonyl (C=O) groups is 1. The summed E-state index contributed by atoms with van der Waals surface area (Å²) in [6.45, 7) is 8.01. The third kappa shape index (κ3) is 4.64. The topological polar surface area (TPSA) is 77.4 Å². The first-order valence-electron chi connectivity index (χ1n) is 8.64. The smallest absolute Gasteiger partial charge is 0.230 e. The van der Waals surface area contributed by atoms with Crippen molar-refractivity contribution >= 4 is 34.6 Å². The van der Waals surface area contributed by atoms with E-state index in [0.717, 1.165) is 29.8 Å². The number of amides is 1. The predicted octanol–water partition coefficient (Wildman–Crippen LogP) is 3.22. The molecular weight excluding hydrogens is 348 g/mol. The van der Waals surface area contributed by atoms with Gasteiger partial charge in [0, 0.05) is 17.5 Å². The molecule has 140 valence electrons. The Morgan fingerprint density at radius 2 is 2.15 bits per heavy atom. The second kappa shape index (κ2) is 7.92. The number of hydrogen-bond acceptors (Lipinski definition) is 4. The van der Waals surface area contributed by atoms with E-state index in [1.165, 1.54) is 0 Å². The zero-order chi connectivity index (χ0) is 19.5. The highest BCUT2D eigenvalue weighted by atomic mass is 32.1. The van der Waals surface area contributed by atoms with Crippen LogP contribution in [0.5, 0.6) is 5.75 Å². The number of benzene rings is 1. The Balaban J connectivity index is 2.42. The summed E-state index contributed by atoms with van der Waals surface area (Å²) in [6, 6.07) is 5.85. The largest absolute Gasteiger partial charge is 0.494 e. The molecular formula is C19H26N4O2S. The molecule has 2 N–H and O–H groups in total. The van der Waals surface area contributed by atoms with Crippen LogP contribution in [-0.2, 0) is 11.2 Å². The lowest BCUT2D eigenvalue weighted by Crippen LogP contribution is -2.43. The van der Waals surface area contributed by atoms with Crippen LogP contribution in [0.1, 0.15) is 39.7 Å². The summed E-state index contributed by atoms with van der Waals surface area (Å²) in [5.74, 6) is 0.423. The Hall–Kier alpha value is -2.33. The molecule has 26 heavy (non-hydrogen) atoms. The summed E-state index contributed by atoms with van der Waals surface area (Å²) in [6.07, 6.45) is 1.49. The quantitative estimate of drug-likeness (QED) is 0.625. The van der Waals surface area contributed by atoms with Crippen LogP contribution in [0.15, 0.2) is 12.1 Å². The third-order valence-corrected chi connectivity index (χ3v) is 4.40. The van der Waals surface area contributed by atoms with Gasteiger partial charge in [-0.25, -0.2) is 0 Å². The molecule has 0 spiro atoms. The van der Waals surface area contributed by atoms with Gasteiger partial charge in [-0.05, 0) is 57.5 Å². The van der Waals surface area contributed by atoms with Gasteiger partial charge in [0.25, 0.3) is 0 Å². The van der Waals surface area contributed by atoms with Gasteiger partial charge >= 0.3 is 0 Å². The second-order valence-electron chi connectivity index (χ2n) is 7.53. The molecule has 0 saturated heterocycles. The van der Waals surface area contributed by atoms with Crippen LogP contribution >= 0.6 is 12.2 Å². The summed E-state index contributed by atoms with van der Waals surface area (Å²) in [5, 5.41) is 16.0. The normalized spacial score (nSPS) is 17.0. The van der Waals surface area contributed by atoms with E-state index < -0.39 is 0 Å². The maximum absolute atomic E-state index is 12.6. The highest BCUT2D eigenvalue weighted by Crippen LogP contribution is 2.37. The average Bonchev–Trinajstić information content (AvgIpc) is 2.65. The molecule has 1 atom stereocenters. The average molecular weight is 375 g/mol. The number of carbonyl (C=O) groups excluding carboxylic acids is 1. The van der Waals surface area contributed by atoms with Crippen LogP contribution in [0.2, 0.25) is 0 Å². The van der Waals surface area contributed by atoms with Gasteiger partial charge in [0.05, 0.1) is 24.6 Å². The number of anilines is 2. The Kier molecular flexibility index (Phi) is 6.09. The van der Waals surface area contributed by atoms with E-state index in [-0.39, 0.29) is 23.9 Å². The molecule has 0 aliphatic carbocycles. The van der Waals surface area contributed by atoms with Crippen molar-refractivity contribution in [2.24, 2.45) is 5.92 Å². The molecule has 6 nitrogen and oxygen atoms in total. The molecule has 1 aliphatic heterocycles. The van der Waals surface area contributed by atoms with Gasteiger partial charge < -0.3 is 15.4 Å². The van der Waals surface area contributed by atoms with E-state index in [9.17, 15) is 4.79 Å². The monoisotopic (exact) mass is 374 g/mol. The molecule has 1 aromatic carbocycles. The van der Waals surface area contributed by atoms with Crippen molar-refractivity contribution < 1.29 is 9.53 Å². The first kappa shape index (κ1) is 20.0. The van der Waals surface area contributed by atoms with Gasteiger partial charge in [-0.2, -0.15) is 5.26 Å². The Labute approximate surface area is 160 Å². The number of thiocarbonyl (C=S) groups is 1. The van der Waals surface area contributed by atoms with E-state index in [0.29, 0.717) is 10.9 Å². The minimum atomic E-state index is -0.158. The highest BCUT2D eigenvalue weighted by molar-refractivity contribution is 7.80. The molecule has 7 heteroatoms. The fraction of sp³-hybridized carbons (Fsp3) is 0.526. The van der Waals surface area contributed by atoms with Crippen LogP contribution < -0.4 is 20.3 Å². The summed E-state index contributed by atoms with van der Waals surface area (Å²) in [5.41, 5.74) is 2.32. The zero-order valence-corrected chi connectivity index (χ0v) is 16.8. The number of nitrogens with zero attached hydrogens (tertiary/aromatic N) is 2. The molecule has 1 aromatic rings. The maximum Gasteiger partial charge on any atom is 0.230 e. The molecule has 0 fully saturated rings. The minimum absolute atomic E-state index is 0.0239. The summed E-state index contributed by atoms with van der Waals surface area (Å²) in [4.78, 5) is 14.2. The summed E-state index contributed by atoms with van der Waals surface area (Å²) < 4.78 is 5.50. The minimum Gasteiger partial charge on any atom is -0.494 e. The van der Waals surface area contributed by atoms with Crippen LogP contribution in [0.3, 0.4) is 0 Å². The van der Waals surface area contributed by atoms with Gasteiger partial charge in [0.15, 0.2) is 5.11 Å². The fourth-order valence-corrected chi connectivity index (χ4v) is 3.36. The predicted molar refractivity (Wildman–Crippen MR) is 108 cm³/mol. The molecule has 0 radical (unpaired) electrons. The highest BCUT2D eigenvalue weighted by Gasteiger charge is 2.28. The molecule has 1 heterocycles. The van der Waals surface area contributed by atoms with Gasteiger partial charge in [-0.3, -0.25) is 9.69 Å². The van der Waals surface area contributed by atoms with E-state index in [1.807, 2.05) is 39.8 Å². The molecule has 1 aliphatic rings. The molecule has 0 aromatic heterocycles. The number of ether oxygens (including phenoxy) is 1. The lowest BCUT2D eigenvalue weighted by molar-refractivity contribution is -0.121. The van der Waals surface area contributed by atoms with E-state index in [2.05, 4.69) is 16.7 Å². The van der Waals surface area contributed by atoms with Crippen molar-refractivity contribution in [1.82, 2.24) is 5.32 Å². The van der Waals surface area contributed by atoms with Gasteiger partial charge in [0.2, 0.25) is 5.91 Å². The van der Waals surface area contributed by atoms with Gasteiger partial charge in [-0.1, -0.05) is 6.92 Å². The second-order valence-corrected chi connectivity index (χ2v) is 7.94. The van der Waals surface area contributed by atoms with E-state index >= 15 is 0 Å². The number of nitrogens with one attached hydrogen (secondary N) is 2. The number of nitriles is 1. The van der Waals surface area contributed by atoms with Gasteiger partial charge in [0.1, 0.15) is 12.3 Å². The Bertz CT molecular complexity index is 749. The number of fused-ring (bicyclic) bond motifs is 1. The number of aryl methyl sites for hydroxylation is 1. The van der Waals surface area contributed by atoms with Crippen molar-refractivity contribution in [2.45, 2.75) is 46.1 Å². The van der Waals surface area contributed by atoms with Crippen molar-refractivity contribution in [3.63, 3.8) is 0 Å². The first-order chi connectivity index (χ1) is 12.2. The molecule has 0 bridgehead atoms. The third-order valence-electron chi connectivity index (χ3n) is 4.19. The maximum atomic E-state index is 12.6. The van der Waals surface area contributed by atoms with E-state index in [4.69, 9.17) is 22.2 Å². The summed E-state index contributed by atoms with van der Waals surface area (Å²) >= 11 is 5.39. The molecule has 2 rings (SSSR count). The van der Waals surface area contributed by atoms with Crippen LogP contribution in [0.4, 0.5) is 11.4 Å². The van der Waals surface area contributed by atoms with Crippen LogP contribution in [-0.4, -0.2) is 30.2 Å². The Morgan fingerprint density at radius 3 is 2.73 bits per heavy atom. The SMILES string of the molecule is COc1cc2c(cc1NC(=S)NC(C)(C)C)CCC(C)C(=O)N2CC#N. The molecule has 0 saturated carbocycles. The lowest BCUT2D eigenvalue weighted by atomic mass is 10.0. The number of methoxy groups -OCH3 is 1. The van der Waals surface area contributed by atoms with Crippen molar-refractivity contribution in [3.8, 4) is 11.8 Å².